The largest absolute Gasteiger partial charge is 0.481 e. The molecule has 7 N–H and O–H groups in total. The van der Waals surface area contributed by atoms with Crippen LogP contribution in [-0.4, -0.2) is 44.3 Å². The van der Waals surface area contributed by atoms with Crippen molar-refractivity contribution in [1.29, 1.82) is 0 Å². The molecule has 21 heavy (non-hydrogen) atoms. The predicted molar refractivity (Wildman–Crippen MR) is 80.8 cm³/mol. The molecule has 9 heteroatoms. The minimum atomic E-state index is -0.833. The summed E-state index contributed by atoms with van der Waals surface area (Å²) in [6.07, 6.45) is 0. The Bertz CT molecular complexity index is 188. The van der Waals surface area contributed by atoms with Gasteiger partial charge in [-0.15, -0.1) is 26.3 Å². The smallest absolute Gasteiger partial charge is 0.300 e. The molecule has 0 aromatic rings. The van der Waals surface area contributed by atoms with Crippen molar-refractivity contribution in [1.82, 2.24) is 6.15 Å². The van der Waals surface area contributed by atoms with Crippen LogP contribution >= 0.6 is 0 Å². The lowest BCUT2D eigenvalue weighted by molar-refractivity contribution is -0.135. The van der Waals surface area contributed by atoms with Crippen LogP contribution in [0.15, 0.2) is 26.3 Å². The van der Waals surface area contributed by atoms with Crippen molar-refractivity contribution in [3.05, 3.63) is 26.3 Å². The van der Waals surface area contributed by atoms with Gasteiger partial charge in [0.05, 0.1) is 0 Å². The Morgan fingerprint density at radius 3 is 0.524 bits per heavy atom. The summed E-state index contributed by atoms with van der Waals surface area (Å²) < 4.78 is 0. The van der Waals surface area contributed by atoms with Gasteiger partial charge < -0.3 is 26.6 Å². The molecule has 0 aliphatic carbocycles. The Hall–Kier alpha value is -2.68. The van der Waals surface area contributed by atoms with Crippen molar-refractivity contribution in [2.24, 2.45) is 0 Å². The van der Waals surface area contributed by atoms with E-state index in [1.165, 1.54) is 0 Å². The first kappa shape index (κ1) is 42.9. The minimum Gasteiger partial charge on any atom is -0.481 e. The van der Waals surface area contributed by atoms with Crippen LogP contribution < -0.4 is 6.15 Å². The summed E-state index contributed by atoms with van der Waals surface area (Å²) in [5.41, 5.74) is 0. The zero-order chi connectivity index (χ0) is 18.3. The highest BCUT2D eigenvalue weighted by Crippen LogP contribution is 1.43. The van der Waals surface area contributed by atoms with Gasteiger partial charge in [0.1, 0.15) is 0 Å². The van der Waals surface area contributed by atoms with Gasteiger partial charge in [-0.2, -0.15) is 0 Å². The molecule has 0 aromatic heterocycles. The first-order valence-electron chi connectivity index (χ1n) is 4.71. The van der Waals surface area contributed by atoms with E-state index in [0.29, 0.717) is 0 Å². The molecular weight excluding hydrogens is 286 g/mol. The van der Waals surface area contributed by atoms with Crippen LogP contribution in [0.2, 0.25) is 0 Å². The van der Waals surface area contributed by atoms with Gasteiger partial charge in [-0.1, -0.05) is 0 Å². The quantitative estimate of drug-likeness (QED) is 0.417. The highest BCUT2D eigenvalue weighted by atomic mass is 16.4. The number of rotatable bonds is 0. The zero-order valence-electron chi connectivity index (χ0n) is 13.0. The van der Waals surface area contributed by atoms with Crippen LogP contribution in [0, 0.1) is 0 Å². The molecule has 128 valence electrons. The summed E-state index contributed by atoms with van der Waals surface area (Å²) in [5, 5.41) is 29.7. The summed E-state index contributed by atoms with van der Waals surface area (Å²) in [7, 11) is 0. The molecule has 0 aliphatic heterocycles. The summed E-state index contributed by atoms with van der Waals surface area (Å²) in [5.74, 6) is -3.33. The molecule has 0 aliphatic rings. The van der Waals surface area contributed by atoms with Gasteiger partial charge in [0.2, 0.25) is 0 Å². The second-order valence-corrected chi connectivity index (χ2v) is 2.08. The number of hydrogen-bond donors (Lipinski definition) is 5. The maximum Gasteiger partial charge on any atom is 0.300 e. The Labute approximate surface area is 124 Å². The van der Waals surface area contributed by atoms with E-state index in [1.807, 2.05) is 0 Å². The maximum atomic E-state index is 9.00. The molecule has 0 heterocycles. The third kappa shape index (κ3) is 566. The van der Waals surface area contributed by atoms with Crippen molar-refractivity contribution in [2.45, 2.75) is 27.7 Å². The zero-order valence-corrected chi connectivity index (χ0v) is 13.0. The molecule has 0 saturated carbocycles. The van der Waals surface area contributed by atoms with Crippen molar-refractivity contribution in [2.75, 3.05) is 0 Å². The molecule has 0 radical (unpaired) electrons. The second kappa shape index (κ2) is 53.1. The lowest BCUT2D eigenvalue weighted by Crippen LogP contribution is -1.78. The third-order valence-electron chi connectivity index (χ3n) is 0. The van der Waals surface area contributed by atoms with Gasteiger partial charge in [0, 0.05) is 27.7 Å². The summed E-state index contributed by atoms with van der Waals surface area (Å²) >= 11 is 0. The van der Waals surface area contributed by atoms with E-state index in [0.717, 1.165) is 27.7 Å². The number of carbonyl (C=O) groups is 4. The topological polar surface area (TPSA) is 184 Å². The average molecular weight is 313 g/mol. The SMILES string of the molecule is C=C.C=C.CC(=O)O.CC(=O)O.CC(=O)O.CC(=O)O.N. The number of carboxylic acids is 4. The third-order valence-corrected chi connectivity index (χ3v) is 0. The lowest BCUT2D eigenvalue weighted by Gasteiger charge is -1.59. The van der Waals surface area contributed by atoms with Crippen LogP contribution in [0.25, 0.3) is 0 Å². The molecule has 0 spiro atoms. The van der Waals surface area contributed by atoms with E-state index in [2.05, 4.69) is 26.3 Å². The normalized spacial score (nSPS) is 5.14. The van der Waals surface area contributed by atoms with Gasteiger partial charge in [0.25, 0.3) is 23.9 Å². The molecular formula is C12H27NO8. The van der Waals surface area contributed by atoms with E-state index in [-0.39, 0.29) is 6.15 Å². The fraction of sp³-hybridized carbons (Fsp3) is 0.333. The molecule has 0 saturated heterocycles. The fourth-order valence-corrected chi connectivity index (χ4v) is 0. The van der Waals surface area contributed by atoms with Crippen LogP contribution in [0.5, 0.6) is 0 Å². The van der Waals surface area contributed by atoms with Crippen LogP contribution in [0.4, 0.5) is 0 Å². The van der Waals surface area contributed by atoms with Gasteiger partial charge >= 0.3 is 0 Å². The molecule has 0 amide bonds. The first-order chi connectivity index (χ1) is 8.93. The van der Waals surface area contributed by atoms with Gasteiger partial charge in [0.15, 0.2) is 0 Å². The minimum absolute atomic E-state index is 0. The summed E-state index contributed by atoms with van der Waals surface area (Å²) in [4.78, 5) is 36.0. The molecule has 0 bridgehead atoms. The molecule has 0 fully saturated rings. The molecule has 0 rings (SSSR count). The average Bonchev–Trinajstić information content (AvgIpc) is 2.19. The molecule has 0 unspecified atom stereocenters. The predicted octanol–water partition coefficient (Wildman–Crippen LogP) is 2.13. The van der Waals surface area contributed by atoms with E-state index in [1.54, 1.807) is 0 Å². The van der Waals surface area contributed by atoms with Gasteiger partial charge in [-0.25, -0.2) is 0 Å². The van der Waals surface area contributed by atoms with Crippen LogP contribution in [0.3, 0.4) is 0 Å². The van der Waals surface area contributed by atoms with Crippen LogP contribution in [-0.2, 0) is 19.2 Å². The van der Waals surface area contributed by atoms with Crippen molar-refractivity contribution >= 4 is 23.9 Å². The van der Waals surface area contributed by atoms with Crippen LogP contribution in [0.1, 0.15) is 27.7 Å². The summed E-state index contributed by atoms with van der Waals surface area (Å²) in [6, 6.07) is 0. The highest BCUT2D eigenvalue weighted by Gasteiger charge is 1.66. The number of aliphatic carboxylic acids is 4. The van der Waals surface area contributed by atoms with E-state index in [4.69, 9.17) is 39.6 Å². The van der Waals surface area contributed by atoms with Gasteiger partial charge in [-0.05, 0) is 0 Å². The second-order valence-electron chi connectivity index (χ2n) is 2.08. The highest BCUT2D eigenvalue weighted by molar-refractivity contribution is 5.63. The van der Waals surface area contributed by atoms with Crippen molar-refractivity contribution in [3.8, 4) is 0 Å². The van der Waals surface area contributed by atoms with Gasteiger partial charge in [-0.3, -0.25) is 19.2 Å². The van der Waals surface area contributed by atoms with E-state index >= 15 is 0 Å². The lowest BCUT2D eigenvalue weighted by atomic mass is 10.9. The van der Waals surface area contributed by atoms with Crippen molar-refractivity contribution in [3.63, 3.8) is 0 Å². The first-order valence-corrected chi connectivity index (χ1v) is 4.71. The monoisotopic (exact) mass is 313 g/mol. The maximum absolute atomic E-state index is 9.00. The fourth-order valence-electron chi connectivity index (χ4n) is 0. The van der Waals surface area contributed by atoms with E-state index < -0.39 is 23.9 Å². The van der Waals surface area contributed by atoms with Crippen molar-refractivity contribution < 1.29 is 39.6 Å². The Kier molecular flexibility index (Phi) is 108. The number of carboxylic acid groups (broad SMARTS) is 4. The summed E-state index contributed by atoms with van der Waals surface area (Å²) in [6.45, 7) is 16.3. The Morgan fingerprint density at radius 1 is 0.524 bits per heavy atom. The molecule has 0 atom stereocenters. The Morgan fingerprint density at radius 2 is 0.524 bits per heavy atom. The van der Waals surface area contributed by atoms with E-state index in [9.17, 15) is 0 Å². The molecule has 0 aromatic carbocycles. The standard InChI is InChI=1S/4C2H4O2.2C2H4.H3N/c4*1-2(3)4;2*1-2;/h4*1H3,(H,3,4);2*1-2H2;1H3. The Balaban J connectivity index is -0.0000000227. The molecule has 9 nitrogen and oxygen atoms in total. The number of hydrogen-bond acceptors (Lipinski definition) is 5.